The van der Waals surface area contributed by atoms with E-state index in [0.717, 1.165) is 24.3 Å². The molecule has 0 aliphatic carbocycles. The van der Waals surface area contributed by atoms with Crippen molar-refractivity contribution < 1.29 is 23.0 Å². The summed E-state index contributed by atoms with van der Waals surface area (Å²) in [4.78, 5) is 20.2. The molecule has 23 heavy (non-hydrogen) atoms. The predicted octanol–water partition coefficient (Wildman–Crippen LogP) is 4.03. The molecule has 0 unspecified atom stereocenters. The van der Waals surface area contributed by atoms with E-state index in [1.54, 1.807) is 0 Å². The third-order valence-electron chi connectivity index (χ3n) is 3.31. The number of hydrogen-bond donors (Lipinski definition) is 0. The zero-order valence-corrected chi connectivity index (χ0v) is 13.4. The van der Waals surface area contributed by atoms with E-state index in [9.17, 15) is 33.4 Å². The monoisotopic (exact) mass is 441 g/mol. The Labute approximate surface area is 132 Å². The predicted molar refractivity (Wildman–Crippen MR) is 77.6 cm³/mol. The Morgan fingerprint density at radius 1 is 0.826 bits per heavy atom. The number of nitrogens with zero attached hydrogens (tertiary/aromatic N) is 2. The van der Waals surface area contributed by atoms with Gasteiger partial charge < -0.3 is 0 Å². The fourth-order valence-corrected chi connectivity index (χ4v) is 8.13. The molecule has 2 aromatic carbocycles. The maximum absolute atomic E-state index is 13.5. The molecule has 0 amide bonds. The van der Waals surface area contributed by atoms with Gasteiger partial charge in [-0.2, -0.15) is 0 Å². The average Bonchev–Trinajstić information content (AvgIpc) is 2.79. The molecule has 0 radical (unpaired) electrons. The topological polar surface area (TPSA) is 86.3 Å². The van der Waals surface area contributed by atoms with Gasteiger partial charge in [-0.3, -0.25) is 0 Å². The van der Waals surface area contributed by atoms with Crippen molar-refractivity contribution in [2.45, 2.75) is 4.22 Å². The van der Waals surface area contributed by atoms with Crippen molar-refractivity contribution in [1.29, 1.82) is 0 Å². The van der Waals surface area contributed by atoms with Gasteiger partial charge in [0, 0.05) is 0 Å². The fraction of sp³-hybridized carbons (Fsp3) is 0.0769. The molecule has 0 spiro atoms. The van der Waals surface area contributed by atoms with Crippen LogP contribution in [0.15, 0.2) is 36.4 Å². The first-order valence-corrected chi connectivity index (χ1v) is 9.58. The quantitative estimate of drug-likeness (QED) is 0.343. The van der Waals surface area contributed by atoms with E-state index in [0.29, 0.717) is 0 Å². The molecule has 0 N–H and O–H groups in total. The maximum atomic E-state index is 13.5. The molecule has 118 valence electrons. The summed E-state index contributed by atoms with van der Waals surface area (Å²) in [5, 5.41) is 22.2. The number of nitro benzene ring substituents is 2. The normalized spacial score (nSPS) is 12.0. The van der Waals surface area contributed by atoms with Crippen molar-refractivity contribution in [3.8, 4) is 0 Å². The minimum absolute atomic E-state index is 0.0919. The number of fused-ring (bicyclic) bond motifs is 3. The van der Waals surface area contributed by atoms with Crippen LogP contribution in [0.2, 0.25) is 0 Å². The van der Waals surface area contributed by atoms with Gasteiger partial charge in [0.05, 0.1) is 0 Å². The summed E-state index contributed by atoms with van der Waals surface area (Å²) in [5.74, 6) is 0. The standard InChI is InChI=1S/C13H6F3N2O4Te/c14-13(15,16)23-11-5-7(17(19)20)1-3-9(11)10-4-2-8(18(21)22)6-12(10)23/h1-6H/q+1. The summed E-state index contributed by atoms with van der Waals surface area (Å²) in [6.07, 6.45) is 0. The van der Waals surface area contributed by atoms with Gasteiger partial charge in [0.15, 0.2) is 0 Å². The summed E-state index contributed by atoms with van der Waals surface area (Å²) in [6.45, 7) is 0. The third-order valence-corrected chi connectivity index (χ3v) is 9.07. The van der Waals surface area contributed by atoms with Gasteiger partial charge in [0.2, 0.25) is 0 Å². The Hall–Kier alpha value is -2.18. The first kappa shape index (κ1) is 15.7. The molecule has 0 saturated carbocycles. The molecule has 10 heteroatoms. The summed E-state index contributed by atoms with van der Waals surface area (Å²) < 4.78 is 35.8. The summed E-state index contributed by atoms with van der Waals surface area (Å²) >= 11 is -4.19. The van der Waals surface area contributed by atoms with Crippen LogP contribution in [0.3, 0.4) is 0 Å². The van der Waals surface area contributed by atoms with Crippen molar-refractivity contribution in [1.82, 2.24) is 0 Å². The van der Waals surface area contributed by atoms with Gasteiger partial charge in [-0.05, 0) is 0 Å². The Kier molecular flexibility index (Phi) is 3.54. The molecule has 0 fully saturated rings. The number of halogens is 3. The first-order chi connectivity index (χ1) is 10.7. The second kappa shape index (κ2) is 5.18. The van der Waals surface area contributed by atoms with Crippen molar-refractivity contribution >= 4 is 48.0 Å². The van der Waals surface area contributed by atoms with Crippen LogP contribution in [-0.4, -0.2) is 28.9 Å². The third kappa shape index (κ3) is 2.54. The van der Waals surface area contributed by atoms with E-state index in [4.69, 9.17) is 0 Å². The summed E-state index contributed by atoms with van der Waals surface area (Å²) in [5.41, 5.74) is -0.831. The molecule has 0 saturated heterocycles. The number of alkyl halides is 3. The van der Waals surface area contributed by atoms with Gasteiger partial charge in [-0.15, -0.1) is 0 Å². The summed E-state index contributed by atoms with van der Waals surface area (Å²) in [7, 11) is 0. The van der Waals surface area contributed by atoms with Crippen LogP contribution in [0, 0.1) is 20.2 Å². The van der Waals surface area contributed by atoms with E-state index in [1.807, 2.05) is 0 Å². The Morgan fingerprint density at radius 3 is 1.52 bits per heavy atom. The average molecular weight is 439 g/mol. The molecular formula is C13H6F3N2O4Te+. The van der Waals surface area contributed by atoms with E-state index in [1.165, 1.54) is 12.1 Å². The van der Waals surface area contributed by atoms with Gasteiger partial charge in [-0.25, -0.2) is 0 Å². The Morgan fingerprint density at radius 2 is 1.22 bits per heavy atom. The van der Waals surface area contributed by atoms with E-state index in [2.05, 4.69) is 0 Å². The van der Waals surface area contributed by atoms with Crippen LogP contribution < -0.4 is 0 Å². The minimum atomic E-state index is -4.55. The van der Waals surface area contributed by atoms with Crippen LogP contribution in [0.4, 0.5) is 24.5 Å². The van der Waals surface area contributed by atoms with Gasteiger partial charge in [-0.1, -0.05) is 0 Å². The SMILES string of the molecule is O=[N+]([O-])c1ccc2c3ccc([N+](=O)[O-])cc3[te+](C(F)(F)F)c2c1. The molecule has 3 aromatic rings. The first-order valence-electron chi connectivity index (χ1n) is 6.08. The molecule has 0 aliphatic heterocycles. The molecule has 0 bridgehead atoms. The van der Waals surface area contributed by atoms with Crippen LogP contribution >= 0.6 is 0 Å². The zero-order valence-electron chi connectivity index (χ0n) is 11.0. The van der Waals surface area contributed by atoms with Crippen molar-refractivity contribution in [3.05, 3.63) is 56.6 Å². The number of non-ortho nitro benzene ring substituents is 2. The molecule has 0 aliphatic rings. The molecule has 3 rings (SSSR count). The summed E-state index contributed by atoms with van der Waals surface area (Å²) in [6, 6.07) is 6.75. The van der Waals surface area contributed by atoms with Crippen molar-refractivity contribution in [2.24, 2.45) is 0 Å². The van der Waals surface area contributed by atoms with Crippen molar-refractivity contribution in [2.75, 3.05) is 0 Å². The molecule has 6 nitrogen and oxygen atoms in total. The molecule has 1 aromatic heterocycles. The second-order valence-electron chi connectivity index (χ2n) is 4.63. The van der Waals surface area contributed by atoms with Crippen LogP contribution in [0.1, 0.15) is 0 Å². The van der Waals surface area contributed by atoms with Crippen LogP contribution in [0.25, 0.3) is 17.6 Å². The van der Waals surface area contributed by atoms with Crippen molar-refractivity contribution in [3.63, 3.8) is 0 Å². The zero-order chi connectivity index (χ0) is 16.9. The molecular weight excluding hydrogens is 433 g/mol. The number of hydrogen-bond acceptors (Lipinski definition) is 4. The number of rotatable bonds is 2. The van der Waals surface area contributed by atoms with E-state index in [-0.39, 0.29) is 17.6 Å². The number of nitro groups is 2. The molecule has 1 heterocycles. The van der Waals surface area contributed by atoms with Gasteiger partial charge >= 0.3 is 132 Å². The number of benzene rings is 2. The Balaban J connectivity index is 2.50. The van der Waals surface area contributed by atoms with Gasteiger partial charge in [0.1, 0.15) is 0 Å². The molecule has 0 atom stereocenters. The second-order valence-corrected chi connectivity index (χ2v) is 10.2. The Bertz CT molecular complexity index is 909. The van der Waals surface area contributed by atoms with Crippen LogP contribution in [-0.2, 0) is 4.22 Å². The van der Waals surface area contributed by atoms with E-state index < -0.39 is 44.5 Å². The fourth-order valence-electron chi connectivity index (χ4n) is 2.40. The van der Waals surface area contributed by atoms with E-state index >= 15 is 0 Å². The van der Waals surface area contributed by atoms with Gasteiger partial charge in [0.25, 0.3) is 0 Å². The van der Waals surface area contributed by atoms with Crippen LogP contribution in [0.5, 0.6) is 0 Å².